The zero-order valence-electron chi connectivity index (χ0n) is 24.2. The number of hydrogen-bond donors (Lipinski definition) is 1. The molecule has 3 aromatic rings. The van der Waals surface area contributed by atoms with Gasteiger partial charge in [-0.05, 0) is 71.8 Å². The maximum atomic E-state index is 2.34. The van der Waals surface area contributed by atoms with Gasteiger partial charge in [0, 0.05) is 68.3 Å². The first-order valence-electron chi connectivity index (χ1n) is 13.9. The molecule has 4 nitrogen and oxygen atoms in total. The molecule has 1 aliphatic heterocycles. The molecule has 0 amide bonds. The third kappa shape index (κ3) is 9.19. The van der Waals surface area contributed by atoms with Gasteiger partial charge in [-0.3, -0.25) is 0 Å². The molecule has 0 saturated carbocycles. The predicted octanol–water partition coefficient (Wildman–Crippen LogP) is 5.62. The molecule has 1 N–H and O–H groups in total. The highest BCUT2D eigenvalue weighted by Gasteiger charge is 2.08. The molecule has 4 rings (SSSR count). The van der Waals surface area contributed by atoms with E-state index in [0.29, 0.717) is 0 Å². The Hall–Kier alpha value is -3.19. The minimum atomic E-state index is 1.03. The number of hydrogen-bond acceptors (Lipinski definition) is 4. The summed E-state index contributed by atoms with van der Waals surface area (Å²) in [5, 5.41) is 0. The molecule has 1 atom stereocenters. The number of aryl methyl sites for hydroxylation is 1. The molecule has 6 heteroatoms. The van der Waals surface area contributed by atoms with E-state index >= 15 is 0 Å². The molecule has 0 aliphatic carbocycles. The van der Waals surface area contributed by atoms with Crippen LogP contribution in [0, 0.1) is 0 Å². The number of pyridine rings is 1. The van der Waals surface area contributed by atoms with Crippen LogP contribution in [0.5, 0.6) is 0 Å². The Balaban J connectivity index is 1.12. The van der Waals surface area contributed by atoms with Gasteiger partial charge < -0.3 is 14.7 Å². The van der Waals surface area contributed by atoms with E-state index in [1.807, 2.05) is 27.7 Å². The van der Waals surface area contributed by atoms with Gasteiger partial charge in [0.1, 0.15) is 19.3 Å². The van der Waals surface area contributed by atoms with Crippen molar-refractivity contribution in [3.05, 3.63) is 120 Å². The van der Waals surface area contributed by atoms with Crippen molar-refractivity contribution >= 4 is 51.2 Å². The molecule has 0 saturated heterocycles. The summed E-state index contributed by atoms with van der Waals surface area (Å²) in [5.41, 5.74) is 7.48. The lowest BCUT2D eigenvalue weighted by molar-refractivity contribution is -0.829. The standard InChI is InChI=1S/C34H41N4S2/c1-35-23-7-5-9-31(35)17-11-29-13-19-33(20-14-29)37(3)25-27-39-40-28-26-38(4)34-21-15-30(16-22-34)12-18-32-10-6-8-24-36(32)2/h5-23H,24-28H2,1-4H3/q+1/p+1/b18-12+. The number of nitrogens with one attached hydrogen (secondary N) is 1. The maximum absolute atomic E-state index is 2.34. The van der Waals surface area contributed by atoms with Gasteiger partial charge >= 0.3 is 0 Å². The van der Waals surface area contributed by atoms with Crippen LogP contribution in [0.1, 0.15) is 16.8 Å². The zero-order valence-corrected chi connectivity index (χ0v) is 25.8. The summed E-state index contributed by atoms with van der Waals surface area (Å²) in [6.45, 7) is 3.11. The quantitative estimate of drug-likeness (QED) is 0.163. The number of benzene rings is 2. The summed E-state index contributed by atoms with van der Waals surface area (Å²) in [6.07, 6.45) is 17.4. The van der Waals surface area contributed by atoms with Gasteiger partial charge in [-0.1, -0.05) is 51.9 Å². The maximum Gasteiger partial charge on any atom is 0.204 e. The number of rotatable bonds is 13. The number of quaternary nitrogens is 1. The second-order valence-corrected chi connectivity index (χ2v) is 12.8. The number of aromatic nitrogens is 1. The third-order valence-corrected chi connectivity index (χ3v) is 9.46. The molecule has 0 radical (unpaired) electrons. The monoisotopic (exact) mass is 570 g/mol. The van der Waals surface area contributed by atoms with Gasteiger partial charge in [0.2, 0.25) is 5.69 Å². The van der Waals surface area contributed by atoms with Gasteiger partial charge in [-0.2, -0.15) is 0 Å². The Morgan fingerprint density at radius 1 is 0.775 bits per heavy atom. The van der Waals surface area contributed by atoms with Crippen LogP contribution in [0.2, 0.25) is 0 Å². The van der Waals surface area contributed by atoms with E-state index in [2.05, 4.69) is 152 Å². The third-order valence-electron chi connectivity index (χ3n) is 7.10. The van der Waals surface area contributed by atoms with Crippen molar-refractivity contribution in [2.75, 3.05) is 62.1 Å². The lowest BCUT2D eigenvalue weighted by atomic mass is 10.1. The van der Waals surface area contributed by atoms with E-state index in [9.17, 15) is 0 Å². The van der Waals surface area contributed by atoms with E-state index in [1.54, 1.807) is 0 Å². The van der Waals surface area contributed by atoms with Crippen LogP contribution in [-0.2, 0) is 7.05 Å². The predicted molar refractivity (Wildman–Crippen MR) is 179 cm³/mol. The normalized spacial score (nSPS) is 15.1. The molecular formula is C34H42N4S2+2. The number of allylic oxidation sites excluding steroid dienone is 3. The van der Waals surface area contributed by atoms with Gasteiger partial charge in [-0.15, -0.1) is 0 Å². The highest BCUT2D eigenvalue weighted by Crippen LogP contribution is 2.23. The van der Waals surface area contributed by atoms with Crippen molar-refractivity contribution in [3.8, 4) is 0 Å². The average molecular weight is 571 g/mol. The van der Waals surface area contributed by atoms with E-state index in [-0.39, 0.29) is 0 Å². The Kier molecular flexibility index (Phi) is 11.6. The average Bonchev–Trinajstić information content (AvgIpc) is 2.98. The topological polar surface area (TPSA) is 14.8 Å². The molecule has 208 valence electrons. The Morgan fingerprint density at radius 2 is 1.35 bits per heavy atom. The van der Waals surface area contributed by atoms with Crippen LogP contribution in [0.25, 0.3) is 18.2 Å². The van der Waals surface area contributed by atoms with Crippen molar-refractivity contribution < 1.29 is 9.47 Å². The lowest BCUT2D eigenvalue weighted by Gasteiger charge is -2.20. The van der Waals surface area contributed by atoms with Crippen LogP contribution in [0.3, 0.4) is 0 Å². The van der Waals surface area contributed by atoms with Crippen LogP contribution in [-0.4, -0.2) is 52.3 Å². The van der Waals surface area contributed by atoms with E-state index < -0.39 is 0 Å². The molecule has 2 aromatic carbocycles. The van der Waals surface area contributed by atoms with Crippen LogP contribution in [0.15, 0.2) is 103 Å². The smallest absolute Gasteiger partial charge is 0.204 e. The van der Waals surface area contributed by atoms with E-state index in [0.717, 1.165) is 31.1 Å². The summed E-state index contributed by atoms with van der Waals surface area (Å²) < 4.78 is 2.12. The van der Waals surface area contributed by atoms with Crippen molar-refractivity contribution in [2.45, 2.75) is 0 Å². The summed E-state index contributed by atoms with van der Waals surface area (Å²) in [5.74, 6) is 2.20. The number of anilines is 2. The SMILES string of the molecule is CN(CCSSCCN(C)c1ccc(/C=C/c2cccc[n+]2C)cc1)c1ccc(/C=C/C2=CC=CC[NH+]2C)cc1. The first-order valence-corrected chi connectivity index (χ1v) is 16.4. The molecular weight excluding hydrogens is 529 g/mol. The summed E-state index contributed by atoms with van der Waals surface area (Å²) in [6, 6.07) is 23.9. The van der Waals surface area contributed by atoms with Gasteiger partial charge in [-0.25, -0.2) is 4.57 Å². The van der Waals surface area contributed by atoms with Crippen LogP contribution < -0.4 is 19.3 Å². The minimum Gasteiger partial charge on any atom is -0.374 e. The van der Waals surface area contributed by atoms with Crippen molar-refractivity contribution in [3.63, 3.8) is 0 Å². The van der Waals surface area contributed by atoms with Crippen LogP contribution in [0.4, 0.5) is 11.4 Å². The highest BCUT2D eigenvalue weighted by molar-refractivity contribution is 8.76. The Labute approximate surface area is 248 Å². The van der Waals surface area contributed by atoms with Gasteiger partial charge in [0.05, 0.1) is 7.05 Å². The highest BCUT2D eigenvalue weighted by atomic mass is 33.1. The first-order chi connectivity index (χ1) is 19.5. The molecule has 0 spiro atoms. The molecule has 2 heterocycles. The molecule has 1 aliphatic rings. The van der Waals surface area contributed by atoms with Gasteiger partial charge in [0.15, 0.2) is 6.20 Å². The minimum absolute atomic E-state index is 1.03. The lowest BCUT2D eigenvalue weighted by Crippen LogP contribution is -3.07. The second kappa shape index (κ2) is 15.6. The van der Waals surface area contributed by atoms with Crippen molar-refractivity contribution in [1.82, 2.24) is 0 Å². The van der Waals surface area contributed by atoms with Crippen LogP contribution >= 0.6 is 21.6 Å². The fourth-order valence-electron chi connectivity index (χ4n) is 4.36. The first kappa shape index (κ1) is 29.8. The Morgan fingerprint density at radius 3 is 1.90 bits per heavy atom. The number of likely N-dealkylation sites (N-methyl/N-ethyl adjacent to an activating group) is 1. The summed E-state index contributed by atoms with van der Waals surface area (Å²) >= 11 is 0. The van der Waals surface area contributed by atoms with Crippen molar-refractivity contribution in [2.24, 2.45) is 7.05 Å². The fourth-order valence-corrected chi connectivity index (χ4v) is 6.44. The second-order valence-electron chi connectivity index (χ2n) is 10.1. The molecule has 0 bridgehead atoms. The molecule has 1 unspecified atom stereocenters. The fraction of sp³-hybridized carbons (Fsp3) is 0.265. The molecule has 40 heavy (non-hydrogen) atoms. The Bertz CT molecular complexity index is 1330. The van der Waals surface area contributed by atoms with E-state index in [4.69, 9.17) is 0 Å². The molecule has 1 aromatic heterocycles. The largest absolute Gasteiger partial charge is 0.374 e. The molecule has 0 fully saturated rings. The van der Waals surface area contributed by atoms with Gasteiger partial charge in [0.25, 0.3) is 0 Å². The van der Waals surface area contributed by atoms with Crippen molar-refractivity contribution in [1.29, 1.82) is 0 Å². The summed E-state index contributed by atoms with van der Waals surface area (Å²) in [4.78, 5) is 6.10. The number of nitrogens with zero attached hydrogens (tertiary/aromatic N) is 3. The summed E-state index contributed by atoms with van der Waals surface area (Å²) in [7, 11) is 12.6. The van der Waals surface area contributed by atoms with E-state index in [1.165, 1.54) is 38.8 Å². The zero-order chi connectivity index (χ0) is 28.2.